The summed E-state index contributed by atoms with van der Waals surface area (Å²) in [4.78, 5) is 1.31. The Kier molecular flexibility index (Phi) is 2.38. The first-order valence-electron chi connectivity index (χ1n) is 5.14. The Hall–Kier alpha value is -1.38. The van der Waals surface area contributed by atoms with E-state index in [2.05, 4.69) is 58.8 Å². The summed E-state index contributed by atoms with van der Waals surface area (Å²) in [6, 6.07) is 19.1. The van der Waals surface area contributed by atoms with Crippen molar-refractivity contribution in [3.63, 3.8) is 0 Å². The summed E-state index contributed by atoms with van der Waals surface area (Å²) in [5, 5.41) is 2.46. The fourth-order valence-electron chi connectivity index (χ4n) is 1.81. The third kappa shape index (κ3) is 1.60. The molecule has 3 aromatic rings. The van der Waals surface area contributed by atoms with Gasteiger partial charge in [-0.15, -0.1) is 11.3 Å². The average Bonchev–Trinajstić information content (AvgIpc) is 2.73. The lowest BCUT2D eigenvalue weighted by atomic mass is 10.1. The van der Waals surface area contributed by atoms with Crippen molar-refractivity contribution in [2.45, 2.75) is 0 Å². The molecule has 0 unspecified atom stereocenters. The van der Waals surface area contributed by atoms with Gasteiger partial charge < -0.3 is 0 Å². The molecule has 0 amide bonds. The normalized spacial score (nSPS) is 10.8. The predicted octanol–water partition coefficient (Wildman–Crippen LogP) is 3.36. The van der Waals surface area contributed by atoms with Gasteiger partial charge in [0.2, 0.25) is 0 Å². The monoisotopic (exact) mass is 237 g/mol. The molecule has 0 saturated carbocycles. The van der Waals surface area contributed by atoms with Gasteiger partial charge in [0, 0.05) is 9.58 Å². The van der Waals surface area contributed by atoms with Gasteiger partial charge in [0.1, 0.15) is 0 Å². The van der Waals surface area contributed by atoms with E-state index in [4.69, 9.17) is 0 Å². The van der Waals surface area contributed by atoms with E-state index in [9.17, 15) is 0 Å². The molecule has 0 fully saturated rings. The summed E-state index contributed by atoms with van der Waals surface area (Å²) in [5.74, 6) is 0. The van der Waals surface area contributed by atoms with Crippen LogP contribution in [-0.4, -0.2) is 10.2 Å². The topological polar surface area (TPSA) is 0 Å². The molecule has 2 aromatic carbocycles. The number of rotatable bonds is 1. The molecular formula is C14H9SSi. The van der Waals surface area contributed by atoms with Crippen LogP contribution in [0.1, 0.15) is 0 Å². The summed E-state index contributed by atoms with van der Waals surface area (Å²) in [6.45, 7) is 0. The van der Waals surface area contributed by atoms with Crippen molar-refractivity contribution in [3.05, 3.63) is 54.6 Å². The Labute approximate surface area is 102 Å². The van der Waals surface area contributed by atoms with Crippen LogP contribution in [0.15, 0.2) is 54.6 Å². The van der Waals surface area contributed by atoms with Crippen LogP contribution in [0.25, 0.3) is 20.5 Å². The largest absolute Gasteiger partial charge is 0.135 e. The number of hydrogen-bond donors (Lipinski definition) is 0. The summed E-state index contributed by atoms with van der Waals surface area (Å²) in [7, 11) is 3.65. The molecule has 0 aliphatic carbocycles. The lowest BCUT2D eigenvalue weighted by Gasteiger charge is -2.00. The minimum Gasteiger partial charge on any atom is -0.135 e. The highest BCUT2D eigenvalue weighted by Gasteiger charge is 2.05. The number of thiophene rings is 1. The molecule has 0 N–H and O–H groups in total. The Balaban J connectivity index is 2.23. The Bertz CT molecular complexity index is 607. The van der Waals surface area contributed by atoms with Crippen LogP contribution in [0, 0.1) is 0 Å². The molecular weight excluding hydrogens is 228 g/mol. The second kappa shape index (κ2) is 3.89. The molecule has 0 saturated heterocycles. The maximum Gasteiger partial charge on any atom is 0.0721 e. The fourth-order valence-corrected chi connectivity index (χ4v) is 3.32. The van der Waals surface area contributed by atoms with Crippen LogP contribution in [0.5, 0.6) is 0 Å². The van der Waals surface area contributed by atoms with Gasteiger partial charge in [0.25, 0.3) is 0 Å². The van der Waals surface area contributed by atoms with Crippen molar-refractivity contribution in [1.82, 2.24) is 0 Å². The molecule has 0 spiro atoms. The second-order valence-electron chi connectivity index (χ2n) is 3.69. The van der Waals surface area contributed by atoms with Crippen LogP contribution in [0.2, 0.25) is 0 Å². The standard InChI is InChI=1S/C14H9SSi/c16-14-8-4-2-6-11(14)13-9-10-5-1-3-7-12(10)15-13/h1-9H. The average molecular weight is 237 g/mol. The molecule has 2 heteroatoms. The molecule has 16 heavy (non-hydrogen) atoms. The molecule has 3 rings (SSSR count). The van der Waals surface area contributed by atoms with Gasteiger partial charge in [-0.25, -0.2) is 0 Å². The Morgan fingerprint density at radius 1 is 0.875 bits per heavy atom. The molecule has 0 atom stereocenters. The molecule has 1 aromatic heterocycles. The molecule has 0 nitrogen and oxygen atoms in total. The van der Waals surface area contributed by atoms with Crippen LogP contribution in [0.4, 0.5) is 0 Å². The zero-order chi connectivity index (χ0) is 11.0. The highest BCUT2D eigenvalue weighted by molar-refractivity contribution is 7.22. The zero-order valence-corrected chi connectivity index (χ0v) is 10.4. The minimum atomic E-state index is 1.15. The smallest absolute Gasteiger partial charge is 0.0721 e. The van der Waals surface area contributed by atoms with E-state index >= 15 is 0 Å². The molecule has 0 aliphatic rings. The number of benzene rings is 2. The van der Waals surface area contributed by atoms with Crippen molar-refractivity contribution in [2.24, 2.45) is 0 Å². The van der Waals surface area contributed by atoms with Gasteiger partial charge in [0.15, 0.2) is 0 Å². The SMILES string of the molecule is [Si]c1ccccc1-c1cc2ccccc2s1. The minimum absolute atomic E-state index is 1.15. The molecule has 1 heterocycles. The second-order valence-corrected chi connectivity index (χ2v) is 5.32. The Morgan fingerprint density at radius 2 is 1.62 bits per heavy atom. The van der Waals surface area contributed by atoms with Gasteiger partial charge in [-0.05, 0) is 23.1 Å². The summed E-state index contributed by atoms with van der Waals surface area (Å²) in [5.41, 5.74) is 1.26. The van der Waals surface area contributed by atoms with E-state index in [1.165, 1.54) is 20.5 Å². The highest BCUT2D eigenvalue weighted by Crippen LogP contribution is 2.32. The van der Waals surface area contributed by atoms with Crippen LogP contribution < -0.4 is 5.19 Å². The third-order valence-electron chi connectivity index (χ3n) is 2.62. The van der Waals surface area contributed by atoms with E-state index in [-0.39, 0.29) is 0 Å². The van der Waals surface area contributed by atoms with Crippen LogP contribution in [0.3, 0.4) is 0 Å². The molecule has 3 radical (unpaired) electrons. The van der Waals surface area contributed by atoms with Crippen molar-refractivity contribution >= 4 is 36.9 Å². The summed E-state index contributed by atoms with van der Waals surface area (Å²) >= 11 is 1.83. The fraction of sp³-hybridized carbons (Fsp3) is 0. The first-order valence-corrected chi connectivity index (χ1v) is 6.46. The van der Waals surface area contributed by atoms with Gasteiger partial charge in [-0.3, -0.25) is 0 Å². The Morgan fingerprint density at radius 3 is 2.44 bits per heavy atom. The van der Waals surface area contributed by atoms with Crippen LogP contribution >= 0.6 is 11.3 Å². The van der Waals surface area contributed by atoms with Gasteiger partial charge in [0.05, 0.1) is 10.2 Å². The van der Waals surface area contributed by atoms with Crippen molar-refractivity contribution in [1.29, 1.82) is 0 Å². The maximum atomic E-state index is 3.65. The quantitative estimate of drug-likeness (QED) is 0.569. The lowest BCUT2D eigenvalue weighted by Crippen LogP contribution is -2.04. The maximum absolute atomic E-state index is 3.65. The molecule has 75 valence electrons. The van der Waals surface area contributed by atoms with Crippen LogP contribution in [-0.2, 0) is 0 Å². The van der Waals surface area contributed by atoms with E-state index in [0.29, 0.717) is 0 Å². The van der Waals surface area contributed by atoms with Gasteiger partial charge in [-0.1, -0.05) is 47.7 Å². The predicted molar refractivity (Wildman–Crippen MR) is 72.6 cm³/mol. The van der Waals surface area contributed by atoms with E-state index in [1.54, 1.807) is 0 Å². The summed E-state index contributed by atoms with van der Waals surface area (Å²) < 4.78 is 1.34. The van der Waals surface area contributed by atoms with Gasteiger partial charge >= 0.3 is 0 Å². The summed E-state index contributed by atoms with van der Waals surface area (Å²) in [6.07, 6.45) is 0. The van der Waals surface area contributed by atoms with Crippen molar-refractivity contribution < 1.29 is 0 Å². The lowest BCUT2D eigenvalue weighted by molar-refractivity contribution is 1.75. The highest BCUT2D eigenvalue weighted by atomic mass is 32.1. The van der Waals surface area contributed by atoms with E-state index in [1.807, 2.05) is 17.4 Å². The number of hydrogen-bond acceptors (Lipinski definition) is 1. The third-order valence-corrected chi connectivity index (χ3v) is 4.20. The zero-order valence-electron chi connectivity index (χ0n) is 8.60. The first-order chi connectivity index (χ1) is 7.84. The first kappa shape index (κ1) is 9.82. The van der Waals surface area contributed by atoms with E-state index < -0.39 is 0 Å². The van der Waals surface area contributed by atoms with Crippen molar-refractivity contribution in [3.8, 4) is 10.4 Å². The molecule has 0 aliphatic heterocycles. The molecule has 0 bridgehead atoms. The van der Waals surface area contributed by atoms with E-state index in [0.717, 1.165) is 5.19 Å². The number of fused-ring (bicyclic) bond motifs is 1. The van der Waals surface area contributed by atoms with Crippen molar-refractivity contribution in [2.75, 3.05) is 0 Å². The van der Waals surface area contributed by atoms with Gasteiger partial charge in [-0.2, -0.15) is 0 Å².